The zero-order valence-electron chi connectivity index (χ0n) is 11.0. The lowest BCUT2D eigenvalue weighted by Gasteiger charge is -2.35. The van der Waals surface area contributed by atoms with E-state index >= 15 is 0 Å². The van der Waals surface area contributed by atoms with Crippen molar-refractivity contribution in [1.29, 1.82) is 0 Å². The van der Waals surface area contributed by atoms with E-state index in [9.17, 15) is 0 Å². The SMILES string of the molecule is CCN(c1nc(C2CC2)ns1)C1CCC(N)CC1. The summed E-state index contributed by atoms with van der Waals surface area (Å²) in [5.74, 6) is 1.74. The van der Waals surface area contributed by atoms with Gasteiger partial charge in [0.25, 0.3) is 0 Å². The molecule has 1 heterocycles. The minimum atomic E-state index is 0.413. The molecule has 0 spiro atoms. The van der Waals surface area contributed by atoms with Crippen LogP contribution in [0.15, 0.2) is 0 Å². The van der Waals surface area contributed by atoms with Crippen molar-refractivity contribution in [1.82, 2.24) is 9.36 Å². The standard InChI is InChI=1S/C13H22N4S/c1-2-17(11-7-5-10(14)6-8-11)13-15-12(16-18-13)9-3-4-9/h9-11H,2-8,14H2,1H3. The maximum Gasteiger partial charge on any atom is 0.205 e. The largest absolute Gasteiger partial charge is 0.344 e. The first-order valence-corrected chi connectivity index (χ1v) is 7.91. The van der Waals surface area contributed by atoms with Crippen LogP contribution in [0.4, 0.5) is 5.13 Å². The van der Waals surface area contributed by atoms with Gasteiger partial charge in [0.2, 0.25) is 5.13 Å². The normalized spacial score (nSPS) is 28.3. The minimum Gasteiger partial charge on any atom is -0.344 e. The Balaban J connectivity index is 1.70. The Kier molecular flexibility index (Phi) is 3.52. The molecular weight excluding hydrogens is 244 g/mol. The molecular formula is C13H22N4S. The van der Waals surface area contributed by atoms with Crippen molar-refractivity contribution in [3.8, 4) is 0 Å². The van der Waals surface area contributed by atoms with E-state index in [1.165, 1.54) is 25.7 Å². The van der Waals surface area contributed by atoms with Crippen molar-refractivity contribution in [3.63, 3.8) is 0 Å². The van der Waals surface area contributed by atoms with Gasteiger partial charge in [-0.3, -0.25) is 0 Å². The van der Waals surface area contributed by atoms with Crippen LogP contribution in [0.5, 0.6) is 0 Å². The van der Waals surface area contributed by atoms with Gasteiger partial charge in [-0.25, -0.2) is 4.98 Å². The van der Waals surface area contributed by atoms with Crippen LogP contribution in [0.3, 0.4) is 0 Å². The van der Waals surface area contributed by atoms with Gasteiger partial charge < -0.3 is 10.6 Å². The Morgan fingerprint density at radius 2 is 1.94 bits per heavy atom. The molecule has 2 aliphatic carbocycles. The van der Waals surface area contributed by atoms with E-state index < -0.39 is 0 Å². The third-order valence-electron chi connectivity index (χ3n) is 4.14. The third-order valence-corrected chi connectivity index (χ3v) is 4.91. The second kappa shape index (κ2) is 5.13. The summed E-state index contributed by atoms with van der Waals surface area (Å²) in [6, 6.07) is 1.03. The fraction of sp³-hybridized carbons (Fsp3) is 0.846. The van der Waals surface area contributed by atoms with Crippen LogP contribution < -0.4 is 10.6 Å². The molecule has 0 unspecified atom stereocenters. The van der Waals surface area contributed by atoms with Gasteiger partial charge in [-0.1, -0.05) is 0 Å². The van der Waals surface area contributed by atoms with Gasteiger partial charge in [-0.2, -0.15) is 4.37 Å². The van der Waals surface area contributed by atoms with Crippen LogP contribution in [-0.2, 0) is 0 Å². The molecule has 1 aromatic heterocycles. The average molecular weight is 266 g/mol. The summed E-state index contributed by atoms with van der Waals surface area (Å²) in [5, 5.41) is 1.12. The van der Waals surface area contributed by atoms with Crippen LogP contribution in [-0.4, -0.2) is 28.0 Å². The molecule has 0 atom stereocenters. The van der Waals surface area contributed by atoms with E-state index in [2.05, 4.69) is 16.2 Å². The summed E-state index contributed by atoms with van der Waals surface area (Å²) in [6.45, 7) is 3.24. The smallest absolute Gasteiger partial charge is 0.205 e. The monoisotopic (exact) mass is 266 g/mol. The molecule has 1 aromatic rings. The van der Waals surface area contributed by atoms with E-state index in [1.54, 1.807) is 11.5 Å². The lowest BCUT2D eigenvalue weighted by atomic mass is 9.91. The molecule has 5 heteroatoms. The van der Waals surface area contributed by atoms with Crippen molar-refractivity contribution < 1.29 is 0 Å². The molecule has 2 aliphatic rings. The van der Waals surface area contributed by atoms with E-state index in [1.807, 2.05) is 0 Å². The molecule has 18 heavy (non-hydrogen) atoms. The molecule has 0 saturated heterocycles. The highest BCUT2D eigenvalue weighted by Gasteiger charge is 2.30. The summed E-state index contributed by atoms with van der Waals surface area (Å²) in [6.07, 6.45) is 7.26. The molecule has 2 N–H and O–H groups in total. The van der Waals surface area contributed by atoms with Crippen molar-refractivity contribution in [2.75, 3.05) is 11.4 Å². The maximum atomic E-state index is 5.99. The molecule has 0 amide bonds. The Labute approximate surface area is 113 Å². The van der Waals surface area contributed by atoms with Gasteiger partial charge in [0, 0.05) is 36.1 Å². The zero-order chi connectivity index (χ0) is 12.5. The number of nitrogens with zero attached hydrogens (tertiary/aromatic N) is 3. The molecule has 0 radical (unpaired) electrons. The summed E-state index contributed by atoms with van der Waals surface area (Å²) in [5.41, 5.74) is 5.99. The van der Waals surface area contributed by atoms with Gasteiger partial charge in [-0.05, 0) is 45.4 Å². The van der Waals surface area contributed by atoms with Crippen molar-refractivity contribution in [3.05, 3.63) is 5.82 Å². The quantitative estimate of drug-likeness (QED) is 0.910. The van der Waals surface area contributed by atoms with Crippen LogP contribution in [0, 0.1) is 0 Å². The van der Waals surface area contributed by atoms with E-state index in [0.717, 1.165) is 30.3 Å². The number of hydrogen-bond donors (Lipinski definition) is 1. The molecule has 100 valence electrons. The lowest BCUT2D eigenvalue weighted by Crippen LogP contribution is -2.40. The molecule has 0 aliphatic heterocycles. The first-order chi connectivity index (χ1) is 8.78. The Morgan fingerprint density at radius 3 is 2.56 bits per heavy atom. The topological polar surface area (TPSA) is 55.0 Å². The molecule has 2 fully saturated rings. The van der Waals surface area contributed by atoms with Crippen LogP contribution in [0.25, 0.3) is 0 Å². The number of aromatic nitrogens is 2. The van der Waals surface area contributed by atoms with Gasteiger partial charge >= 0.3 is 0 Å². The fourth-order valence-electron chi connectivity index (χ4n) is 2.81. The van der Waals surface area contributed by atoms with Gasteiger partial charge in [-0.15, -0.1) is 0 Å². The molecule has 0 aromatic carbocycles. The Morgan fingerprint density at radius 1 is 1.22 bits per heavy atom. The number of anilines is 1. The highest BCUT2D eigenvalue weighted by Crippen LogP contribution is 2.40. The maximum absolute atomic E-state index is 5.99. The lowest BCUT2D eigenvalue weighted by molar-refractivity contribution is 0.378. The van der Waals surface area contributed by atoms with Crippen LogP contribution >= 0.6 is 11.5 Å². The molecule has 4 nitrogen and oxygen atoms in total. The highest BCUT2D eigenvalue weighted by molar-refractivity contribution is 7.09. The zero-order valence-corrected chi connectivity index (χ0v) is 11.8. The minimum absolute atomic E-state index is 0.413. The third kappa shape index (κ3) is 2.52. The molecule has 3 rings (SSSR count). The number of hydrogen-bond acceptors (Lipinski definition) is 5. The van der Waals surface area contributed by atoms with Crippen molar-refractivity contribution >= 4 is 16.7 Å². The predicted octanol–water partition coefficient (Wildman–Crippen LogP) is 2.51. The summed E-state index contributed by atoms with van der Waals surface area (Å²) < 4.78 is 4.52. The van der Waals surface area contributed by atoms with Crippen molar-refractivity contribution in [2.24, 2.45) is 5.73 Å². The summed E-state index contributed by atoms with van der Waals surface area (Å²) >= 11 is 1.58. The van der Waals surface area contributed by atoms with Crippen LogP contribution in [0.1, 0.15) is 57.2 Å². The van der Waals surface area contributed by atoms with E-state index in [4.69, 9.17) is 10.7 Å². The number of rotatable bonds is 4. The van der Waals surface area contributed by atoms with Gasteiger partial charge in [0.05, 0.1) is 0 Å². The van der Waals surface area contributed by atoms with Crippen molar-refractivity contribution in [2.45, 2.75) is 63.5 Å². The van der Waals surface area contributed by atoms with Gasteiger partial charge in [0.15, 0.2) is 0 Å². The van der Waals surface area contributed by atoms with E-state index in [0.29, 0.717) is 18.0 Å². The van der Waals surface area contributed by atoms with Gasteiger partial charge in [0.1, 0.15) is 5.82 Å². The highest BCUT2D eigenvalue weighted by atomic mass is 32.1. The second-order valence-electron chi connectivity index (χ2n) is 5.56. The molecule has 2 saturated carbocycles. The second-order valence-corrected chi connectivity index (χ2v) is 6.29. The Bertz CT molecular complexity index is 393. The summed E-state index contributed by atoms with van der Waals surface area (Å²) in [4.78, 5) is 7.18. The summed E-state index contributed by atoms with van der Waals surface area (Å²) in [7, 11) is 0. The van der Waals surface area contributed by atoms with Crippen LogP contribution in [0.2, 0.25) is 0 Å². The predicted molar refractivity (Wildman–Crippen MR) is 75.1 cm³/mol. The first kappa shape index (κ1) is 12.4. The average Bonchev–Trinajstić information content (AvgIpc) is 3.13. The number of nitrogens with two attached hydrogens (primary N) is 1. The Hall–Kier alpha value is -0.680. The molecule has 0 bridgehead atoms. The fourth-order valence-corrected chi connectivity index (χ4v) is 3.70. The van der Waals surface area contributed by atoms with E-state index in [-0.39, 0.29) is 0 Å². The first-order valence-electron chi connectivity index (χ1n) is 7.13.